The Bertz CT molecular complexity index is 1490. The van der Waals surface area contributed by atoms with Crippen LogP contribution in [0.3, 0.4) is 0 Å². The van der Waals surface area contributed by atoms with Crippen LogP contribution in [0.2, 0.25) is 0 Å². The molecule has 0 radical (unpaired) electrons. The van der Waals surface area contributed by atoms with Crippen LogP contribution in [0.5, 0.6) is 0 Å². The molecule has 2 fully saturated rings. The van der Waals surface area contributed by atoms with Crippen LogP contribution in [0.25, 0.3) is 11.2 Å². The highest BCUT2D eigenvalue weighted by atomic mass is 19.4. The highest BCUT2D eigenvalue weighted by molar-refractivity contribution is 5.81. The maximum atomic E-state index is 14.7. The van der Waals surface area contributed by atoms with Crippen molar-refractivity contribution in [1.82, 2.24) is 24.3 Å². The second-order valence-electron chi connectivity index (χ2n) is 10.3. The number of aromatic nitrogens is 3. The number of carbonyl (C=O) groups is 2. The first kappa shape index (κ1) is 27.6. The Morgan fingerprint density at radius 1 is 1.10 bits per heavy atom. The van der Waals surface area contributed by atoms with Crippen molar-refractivity contribution in [3.05, 3.63) is 64.2 Å². The van der Waals surface area contributed by atoms with Crippen LogP contribution in [0.15, 0.2) is 41.3 Å². The van der Waals surface area contributed by atoms with Crippen LogP contribution in [-0.4, -0.2) is 68.1 Å². The Labute approximate surface area is 224 Å². The zero-order valence-corrected chi connectivity index (χ0v) is 21.2. The van der Waals surface area contributed by atoms with Crippen molar-refractivity contribution >= 4 is 23.1 Å². The molecule has 40 heavy (non-hydrogen) atoms. The van der Waals surface area contributed by atoms with Crippen LogP contribution in [0.1, 0.15) is 43.2 Å². The van der Waals surface area contributed by atoms with Gasteiger partial charge in [-0.05, 0) is 49.4 Å². The minimum atomic E-state index is -4.75. The molecule has 5 rings (SSSR count). The number of amides is 3. The summed E-state index contributed by atoms with van der Waals surface area (Å²) in [4.78, 5) is 47.8. The smallest absolute Gasteiger partial charge is 0.351 e. The average Bonchev–Trinajstić information content (AvgIpc) is 3.15. The van der Waals surface area contributed by atoms with Gasteiger partial charge in [0.25, 0.3) is 0 Å². The van der Waals surface area contributed by atoms with Crippen molar-refractivity contribution in [2.45, 2.75) is 49.9 Å². The summed E-state index contributed by atoms with van der Waals surface area (Å²) in [6.45, 7) is -2.01. The Morgan fingerprint density at radius 2 is 1.88 bits per heavy atom. The third kappa shape index (κ3) is 5.26. The van der Waals surface area contributed by atoms with Gasteiger partial charge in [-0.15, -0.1) is 0 Å². The molecule has 2 aliphatic rings. The molecule has 0 saturated carbocycles. The molecule has 3 aromatic rings. The zero-order valence-electron chi connectivity index (χ0n) is 21.2. The second-order valence-corrected chi connectivity index (χ2v) is 10.3. The molecule has 2 aromatic heterocycles. The van der Waals surface area contributed by atoms with E-state index in [2.05, 4.69) is 9.97 Å². The number of primary amides is 1. The quantitative estimate of drug-likeness (QED) is 0.469. The highest BCUT2D eigenvalue weighted by Crippen LogP contribution is 2.39. The number of benzene rings is 1. The monoisotopic (exact) mass is 566 g/mol. The van der Waals surface area contributed by atoms with E-state index in [-0.39, 0.29) is 31.4 Å². The van der Waals surface area contributed by atoms with Crippen molar-refractivity contribution in [3.8, 4) is 0 Å². The first-order valence-electron chi connectivity index (χ1n) is 12.9. The van der Waals surface area contributed by atoms with E-state index in [0.717, 1.165) is 6.07 Å². The SMILES string of the molecule is NC(=O)N1CC[C@@H](n2c(=O)[nH]c3cccnc32)C[C@@H]1[C@H]1CC[C@@H](c2cccc(F)c2F)CN(CC(F)(F)F)C1=O. The number of H-pyrrole nitrogens is 1. The van der Waals surface area contributed by atoms with E-state index in [0.29, 0.717) is 22.5 Å². The molecule has 0 unspecified atom stereocenters. The van der Waals surface area contributed by atoms with Crippen LogP contribution in [0, 0.1) is 17.6 Å². The van der Waals surface area contributed by atoms with Crippen LogP contribution in [0.4, 0.5) is 26.7 Å². The lowest BCUT2D eigenvalue weighted by Gasteiger charge is -2.42. The maximum Gasteiger partial charge on any atom is 0.406 e. The van der Waals surface area contributed by atoms with Gasteiger partial charge < -0.3 is 20.5 Å². The largest absolute Gasteiger partial charge is 0.406 e. The van der Waals surface area contributed by atoms with E-state index < -0.39 is 72.4 Å². The molecule has 4 heterocycles. The van der Waals surface area contributed by atoms with Crippen molar-refractivity contribution in [3.63, 3.8) is 0 Å². The lowest BCUT2D eigenvalue weighted by Crippen LogP contribution is -2.56. The molecular formula is C26H27F5N6O3. The Kier molecular flexibility index (Phi) is 7.27. The Morgan fingerprint density at radius 3 is 2.60 bits per heavy atom. The van der Waals surface area contributed by atoms with Crippen LogP contribution >= 0.6 is 0 Å². The van der Waals surface area contributed by atoms with Crippen molar-refractivity contribution < 1.29 is 31.5 Å². The number of imidazole rings is 1. The molecule has 2 saturated heterocycles. The molecule has 0 aliphatic carbocycles. The number of nitrogens with one attached hydrogen (secondary N) is 1. The minimum absolute atomic E-state index is 0.00396. The average molecular weight is 567 g/mol. The van der Waals surface area contributed by atoms with Gasteiger partial charge in [0.15, 0.2) is 17.3 Å². The summed E-state index contributed by atoms with van der Waals surface area (Å²) >= 11 is 0. The van der Waals surface area contributed by atoms with Gasteiger partial charge in [0, 0.05) is 37.3 Å². The van der Waals surface area contributed by atoms with Gasteiger partial charge in [0.2, 0.25) is 5.91 Å². The van der Waals surface area contributed by atoms with Gasteiger partial charge in [-0.3, -0.25) is 9.36 Å². The molecule has 214 valence electrons. The summed E-state index contributed by atoms with van der Waals surface area (Å²) in [5.74, 6) is -5.20. The summed E-state index contributed by atoms with van der Waals surface area (Å²) in [5.41, 5.74) is 5.92. The van der Waals surface area contributed by atoms with E-state index in [9.17, 15) is 36.3 Å². The van der Waals surface area contributed by atoms with Crippen molar-refractivity contribution in [2.75, 3.05) is 19.6 Å². The number of piperidine rings is 1. The summed E-state index contributed by atoms with van der Waals surface area (Å²) in [5, 5.41) is 0. The third-order valence-corrected chi connectivity index (χ3v) is 7.89. The second kappa shape index (κ2) is 10.5. The predicted molar refractivity (Wildman–Crippen MR) is 133 cm³/mol. The zero-order chi connectivity index (χ0) is 28.8. The number of likely N-dealkylation sites (tertiary alicyclic amines) is 2. The van der Waals surface area contributed by atoms with E-state index in [1.807, 2.05) is 0 Å². The summed E-state index contributed by atoms with van der Waals surface area (Å²) in [6.07, 6.45) is -2.83. The number of alkyl halides is 3. The Balaban J connectivity index is 1.51. The Hall–Kier alpha value is -3.97. The van der Waals surface area contributed by atoms with E-state index in [1.165, 1.54) is 27.8 Å². The molecule has 4 atom stereocenters. The molecule has 3 N–H and O–H groups in total. The number of nitrogens with two attached hydrogens (primary N) is 1. The standard InChI is InChI=1S/C26H27F5N6O3/c27-18-4-1-3-16(21(18)28)14-6-7-17(23(38)35(12-14)13-26(29,30)31)20-11-15(8-10-36(20)24(32)39)37-22-19(34-25(37)40)5-2-9-33-22/h1-5,9,14-15,17,20H,6-8,10-13H2,(H2,32,39)(H,34,40)/t14-,15-,17-,20-/m1/s1. The number of hydrogen-bond donors (Lipinski definition) is 2. The molecule has 14 heteroatoms. The summed E-state index contributed by atoms with van der Waals surface area (Å²) in [7, 11) is 0. The normalized spacial score (nSPS) is 24.4. The summed E-state index contributed by atoms with van der Waals surface area (Å²) in [6, 6.07) is 4.48. The van der Waals surface area contributed by atoms with E-state index in [1.54, 1.807) is 12.1 Å². The van der Waals surface area contributed by atoms with E-state index >= 15 is 0 Å². The van der Waals surface area contributed by atoms with E-state index in [4.69, 9.17) is 5.73 Å². The topological polar surface area (TPSA) is 117 Å². The third-order valence-electron chi connectivity index (χ3n) is 7.89. The first-order chi connectivity index (χ1) is 18.9. The molecule has 1 aromatic carbocycles. The van der Waals surface area contributed by atoms with Crippen LogP contribution in [-0.2, 0) is 4.79 Å². The molecule has 2 aliphatic heterocycles. The van der Waals surface area contributed by atoms with Gasteiger partial charge in [-0.2, -0.15) is 13.2 Å². The van der Waals surface area contributed by atoms with Crippen molar-refractivity contribution in [2.24, 2.45) is 11.7 Å². The minimum Gasteiger partial charge on any atom is -0.351 e. The number of halogens is 5. The van der Waals surface area contributed by atoms with Gasteiger partial charge in [-0.25, -0.2) is 23.4 Å². The molecule has 3 amide bonds. The molecule has 0 bridgehead atoms. The van der Waals surface area contributed by atoms with Crippen molar-refractivity contribution in [1.29, 1.82) is 0 Å². The molecular weight excluding hydrogens is 539 g/mol. The number of fused-ring (bicyclic) bond motifs is 1. The predicted octanol–water partition coefficient (Wildman–Crippen LogP) is 3.67. The fourth-order valence-corrected chi connectivity index (χ4v) is 6.16. The lowest BCUT2D eigenvalue weighted by molar-refractivity contribution is -0.164. The molecule has 0 spiro atoms. The highest BCUT2D eigenvalue weighted by Gasteiger charge is 2.46. The van der Waals surface area contributed by atoms with Gasteiger partial charge >= 0.3 is 17.9 Å². The maximum absolute atomic E-state index is 14.7. The fourth-order valence-electron chi connectivity index (χ4n) is 6.16. The number of urea groups is 1. The molecule has 9 nitrogen and oxygen atoms in total. The number of carbonyl (C=O) groups excluding carboxylic acids is 2. The first-order valence-corrected chi connectivity index (χ1v) is 12.9. The number of hydrogen-bond acceptors (Lipinski definition) is 4. The fraction of sp³-hybridized carbons (Fsp3) is 0.462. The van der Waals surface area contributed by atoms with Crippen LogP contribution < -0.4 is 11.4 Å². The van der Waals surface area contributed by atoms with Gasteiger partial charge in [-0.1, -0.05) is 12.1 Å². The lowest BCUT2D eigenvalue weighted by atomic mass is 9.83. The summed E-state index contributed by atoms with van der Waals surface area (Å²) < 4.78 is 70.8. The number of pyridine rings is 1. The number of rotatable bonds is 4. The van der Waals surface area contributed by atoms with Gasteiger partial charge in [0.05, 0.1) is 11.4 Å². The number of aromatic amines is 1. The number of nitrogens with zero attached hydrogens (tertiary/aromatic N) is 4. The van der Waals surface area contributed by atoms with Gasteiger partial charge in [0.1, 0.15) is 6.54 Å².